The Labute approximate surface area is 111 Å². The highest BCUT2D eigenvalue weighted by Crippen LogP contribution is 2.14. The molecule has 0 bridgehead atoms. The summed E-state index contributed by atoms with van der Waals surface area (Å²) < 4.78 is 5.09. The Morgan fingerprint density at radius 1 is 1.53 bits per heavy atom. The van der Waals surface area contributed by atoms with Gasteiger partial charge in [-0.15, -0.1) is 0 Å². The highest BCUT2D eigenvalue weighted by atomic mass is 16.5. The van der Waals surface area contributed by atoms with Gasteiger partial charge in [-0.3, -0.25) is 4.79 Å². The van der Waals surface area contributed by atoms with Gasteiger partial charge in [0.1, 0.15) is 11.6 Å². The lowest BCUT2D eigenvalue weighted by Crippen LogP contribution is -2.26. The van der Waals surface area contributed by atoms with E-state index in [-0.39, 0.29) is 11.8 Å². The molecule has 0 fully saturated rings. The van der Waals surface area contributed by atoms with Gasteiger partial charge < -0.3 is 14.8 Å². The van der Waals surface area contributed by atoms with Crippen LogP contribution in [0.5, 0.6) is 0 Å². The van der Waals surface area contributed by atoms with Crippen molar-refractivity contribution in [3.8, 4) is 0 Å². The lowest BCUT2D eigenvalue weighted by molar-refractivity contribution is 0.0945. The van der Waals surface area contributed by atoms with E-state index < -0.39 is 0 Å². The van der Waals surface area contributed by atoms with Crippen molar-refractivity contribution in [3.63, 3.8) is 0 Å². The first-order valence-electron chi connectivity index (χ1n) is 6.31. The first-order chi connectivity index (χ1) is 9.06. The molecule has 102 valence electrons. The molecule has 0 aromatic carbocycles. The van der Waals surface area contributed by atoms with E-state index in [1.807, 2.05) is 20.8 Å². The Balaban J connectivity index is 1.83. The van der Waals surface area contributed by atoms with Gasteiger partial charge in [0, 0.05) is 36.8 Å². The number of aryl methyl sites for hydroxylation is 1. The molecule has 0 unspecified atom stereocenters. The van der Waals surface area contributed by atoms with E-state index in [0.29, 0.717) is 24.4 Å². The van der Waals surface area contributed by atoms with Gasteiger partial charge in [-0.05, 0) is 6.92 Å². The molecule has 2 N–H and O–H groups in total. The third-order valence-electron chi connectivity index (χ3n) is 2.73. The van der Waals surface area contributed by atoms with Gasteiger partial charge in [0.25, 0.3) is 5.91 Å². The standard InChI is InChI=1S/C13H18N4O2/c1-8(2)11-6-10(17-19-11)13(18)14-5-4-12-15-7-9(3)16-12/h6-8H,4-5H2,1-3H3,(H,14,18)(H,15,16). The molecule has 0 aliphatic carbocycles. The predicted molar refractivity (Wildman–Crippen MR) is 70.0 cm³/mol. The van der Waals surface area contributed by atoms with Gasteiger partial charge in [-0.1, -0.05) is 19.0 Å². The minimum absolute atomic E-state index is 0.222. The molecule has 0 aliphatic rings. The SMILES string of the molecule is Cc1cnc(CCNC(=O)c2cc(C(C)C)on2)[nH]1. The molecule has 0 saturated carbocycles. The zero-order valence-corrected chi connectivity index (χ0v) is 11.4. The van der Waals surface area contributed by atoms with Gasteiger partial charge in [-0.25, -0.2) is 4.98 Å². The second-order valence-electron chi connectivity index (χ2n) is 4.79. The quantitative estimate of drug-likeness (QED) is 0.860. The Hall–Kier alpha value is -2.11. The zero-order chi connectivity index (χ0) is 13.8. The highest BCUT2D eigenvalue weighted by molar-refractivity contribution is 5.92. The van der Waals surface area contributed by atoms with E-state index in [1.54, 1.807) is 12.3 Å². The van der Waals surface area contributed by atoms with Crippen LogP contribution in [0.25, 0.3) is 0 Å². The lowest BCUT2D eigenvalue weighted by Gasteiger charge is -2.00. The molecular formula is C13H18N4O2. The van der Waals surface area contributed by atoms with Gasteiger partial charge in [-0.2, -0.15) is 0 Å². The summed E-state index contributed by atoms with van der Waals surface area (Å²) in [5.74, 6) is 1.58. The number of imidazole rings is 1. The first-order valence-corrected chi connectivity index (χ1v) is 6.31. The summed E-state index contributed by atoms with van der Waals surface area (Å²) >= 11 is 0. The number of aromatic nitrogens is 3. The Morgan fingerprint density at radius 2 is 2.32 bits per heavy atom. The molecular weight excluding hydrogens is 244 g/mol. The Bertz CT molecular complexity index is 556. The smallest absolute Gasteiger partial charge is 0.273 e. The predicted octanol–water partition coefficient (Wildman–Crippen LogP) is 1.80. The zero-order valence-electron chi connectivity index (χ0n) is 11.4. The number of hydrogen-bond donors (Lipinski definition) is 2. The van der Waals surface area contributed by atoms with Gasteiger partial charge in [0.2, 0.25) is 0 Å². The van der Waals surface area contributed by atoms with E-state index in [9.17, 15) is 4.79 Å². The van der Waals surface area contributed by atoms with Crippen LogP contribution in [0.1, 0.15) is 47.5 Å². The van der Waals surface area contributed by atoms with Crippen molar-refractivity contribution in [3.05, 3.63) is 35.2 Å². The summed E-state index contributed by atoms with van der Waals surface area (Å²) in [7, 11) is 0. The summed E-state index contributed by atoms with van der Waals surface area (Å²) in [6.45, 7) is 6.43. The second-order valence-corrected chi connectivity index (χ2v) is 4.79. The third kappa shape index (κ3) is 3.43. The van der Waals surface area contributed by atoms with Crippen molar-refractivity contribution in [1.82, 2.24) is 20.4 Å². The number of H-pyrrole nitrogens is 1. The van der Waals surface area contributed by atoms with Crippen molar-refractivity contribution in [2.24, 2.45) is 0 Å². The summed E-state index contributed by atoms with van der Waals surface area (Å²) in [6.07, 6.45) is 2.43. The fourth-order valence-electron chi connectivity index (χ4n) is 1.65. The molecule has 1 amide bonds. The number of aromatic amines is 1. The number of hydrogen-bond acceptors (Lipinski definition) is 4. The van der Waals surface area contributed by atoms with Crippen LogP contribution < -0.4 is 5.32 Å². The lowest BCUT2D eigenvalue weighted by atomic mass is 10.1. The average molecular weight is 262 g/mol. The summed E-state index contributed by atoms with van der Waals surface area (Å²) in [6, 6.07) is 1.68. The molecule has 19 heavy (non-hydrogen) atoms. The molecule has 2 heterocycles. The fourth-order valence-corrected chi connectivity index (χ4v) is 1.65. The summed E-state index contributed by atoms with van der Waals surface area (Å²) in [5, 5.41) is 6.54. The van der Waals surface area contributed by atoms with Crippen molar-refractivity contribution >= 4 is 5.91 Å². The van der Waals surface area contributed by atoms with Crippen molar-refractivity contribution < 1.29 is 9.32 Å². The molecule has 0 atom stereocenters. The largest absolute Gasteiger partial charge is 0.360 e. The summed E-state index contributed by atoms with van der Waals surface area (Å²) in [5.41, 5.74) is 1.33. The van der Waals surface area contributed by atoms with E-state index in [2.05, 4.69) is 20.4 Å². The van der Waals surface area contributed by atoms with Crippen LogP contribution >= 0.6 is 0 Å². The molecule has 2 aromatic heterocycles. The Kier molecular flexibility index (Phi) is 3.99. The maximum Gasteiger partial charge on any atom is 0.273 e. The molecule has 2 rings (SSSR count). The fraction of sp³-hybridized carbons (Fsp3) is 0.462. The second kappa shape index (κ2) is 5.69. The van der Waals surface area contributed by atoms with Gasteiger partial charge in [0.15, 0.2) is 5.69 Å². The van der Waals surface area contributed by atoms with Crippen molar-refractivity contribution in [2.75, 3.05) is 6.54 Å². The van der Waals surface area contributed by atoms with Crippen molar-refractivity contribution in [2.45, 2.75) is 33.1 Å². The van der Waals surface area contributed by atoms with Crippen molar-refractivity contribution in [1.29, 1.82) is 0 Å². The van der Waals surface area contributed by atoms with Crippen LogP contribution in [-0.4, -0.2) is 27.6 Å². The van der Waals surface area contributed by atoms with Crippen LogP contribution in [-0.2, 0) is 6.42 Å². The van der Waals surface area contributed by atoms with Crippen LogP contribution in [0.15, 0.2) is 16.8 Å². The van der Waals surface area contributed by atoms with Crippen LogP contribution in [0.3, 0.4) is 0 Å². The molecule has 0 aliphatic heterocycles. The highest BCUT2D eigenvalue weighted by Gasteiger charge is 2.13. The van der Waals surface area contributed by atoms with Gasteiger partial charge >= 0.3 is 0 Å². The molecule has 0 spiro atoms. The monoisotopic (exact) mass is 262 g/mol. The van der Waals surface area contributed by atoms with E-state index in [0.717, 1.165) is 11.5 Å². The van der Waals surface area contributed by atoms with Crippen LogP contribution in [0.2, 0.25) is 0 Å². The number of carbonyl (C=O) groups is 1. The van der Waals surface area contributed by atoms with Crippen LogP contribution in [0, 0.1) is 6.92 Å². The normalized spacial score (nSPS) is 10.9. The van der Waals surface area contributed by atoms with Gasteiger partial charge in [0.05, 0.1) is 0 Å². The topological polar surface area (TPSA) is 83.8 Å². The Morgan fingerprint density at radius 3 is 2.89 bits per heavy atom. The number of amides is 1. The van der Waals surface area contributed by atoms with E-state index in [4.69, 9.17) is 4.52 Å². The summed E-state index contributed by atoms with van der Waals surface area (Å²) in [4.78, 5) is 19.1. The number of rotatable bonds is 5. The number of nitrogens with one attached hydrogen (secondary N) is 2. The minimum Gasteiger partial charge on any atom is -0.360 e. The molecule has 2 aromatic rings. The maximum absolute atomic E-state index is 11.8. The van der Waals surface area contributed by atoms with E-state index >= 15 is 0 Å². The average Bonchev–Trinajstić information content (AvgIpc) is 2.98. The molecule has 0 saturated heterocycles. The minimum atomic E-state index is -0.223. The maximum atomic E-state index is 11.8. The molecule has 0 radical (unpaired) electrons. The van der Waals surface area contributed by atoms with Crippen LogP contribution in [0.4, 0.5) is 0 Å². The number of nitrogens with zero attached hydrogens (tertiary/aromatic N) is 2. The molecule has 6 nitrogen and oxygen atoms in total. The van der Waals surface area contributed by atoms with E-state index in [1.165, 1.54) is 0 Å². The first kappa shape index (κ1) is 13.3. The molecule has 6 heteroatoms. The third-order valence-corrected chi connectivity index (χ3v) is 2.73. The number of carbonyl (C=O) groups excluding carboxylic acids is 1.